The molecular formula is C15H17N3OS2. The van der Waals surface area contributed by atoms with Gasteiger partial charge in [0.05, 0.1) is 12.3 Å². The molecule has 6 heteroatoms. The summed E-state index contributed by atoms with van der Waals surface area (Å²) >= 11 is 3.12. The highest BCUT2D eigenvalue weighted by Crippen LogP contribution is 2.19. The van der Waals surface area contributed by atoms with Crippen molar-refractivity contribution < 1.29 is 4.79 Å². The third-order valence-electron chi connectivity index (χ3n) is 2.75. The highest BCUT2D eigenvalue weighted by molar-refractivity contribution is 8.00. The third-order valence-corrected chi connectivity index (χ3v) is 4.58. The summed E-state index contributed by atoms with van der Waals surface area (Å²) in [6.45, 7) is 4.90. The molecule has 0 radical (unpaired) electrons. The number of thioether (sulfide) groups is 1. The monoisotopic (exact) mass is 319 g/mol. The molecule has 0 aromatic carbocycles. The zero-order valence-electron chi connectivity index (χ0n) is 11.6. The predicted octanol–water partition coefficient (Wildman–Crippen LogP) is 3.03. The lowest BCUT2D eigenvalue weighted by atomic mass is 10.4. The summed E-state index contributed by atoms with van der Waals surface area (Å²) in [7, 11) is 0. The number of nitrogen functional groups attached to an aromatic ring is 1. The lowest BCUT2D eigenvalue weighted by Crippen LogP contribution is -2.31. The molecule has 2 rings (SSSR count). The molecule has 4 nitrogen and oxygen atoms in total. The van der Waals surface area contributed by atoms with E-state index in [0.29, 0.717) is 24.7 Å². The smallest absolute Gasteiger partial charge is 0.233 e. The Morgan fingerprint density at radius 3 is 2.95 bits per heavy atom. The minimum Gasteiger partial charge on any atom is -0.384 e. The van der Waals surface area contributed by atoms with Crippen LogP contribution in [-0.4, -0.2) is 28.1 Å². The first-order valence-electron chi connectivity index (χ1n) is 6.44. The average molecular weight is 319 g/mol. The van der Waals surface area contributed by atoms with Crippen LogP contribution in [0.25, 0.3) is 0 Å². The van der Waals surface area contributed by atoms with E-state index in [-0.39, 0.29) is 5.91 Å². The van der Waals surface area contributed by atoms with E-state index in [9.17, 15) is 4.79 Å². The molecule has 21 heavy (non-hydrogen) atoms. The number of pyridine rings is 1. The molecule has 2 aromatic rings. The van der Waals surface area contributed by atoms with Crippen molar-refractivity contribution in [1.29, 1.82) is 0 Å². The Labute approximate surface area is 132 Å². The number of nitrogens with zero attached hydrogens (tertiary/aromatic N) is 2. The molecular weight excluding hydrogens is 302 g/mol. The van der Waals surface area contributed by atoms with Gasteiger partial charge in [0.15, 0.2) is 0 Å². The molecule has 0 aliphatic carbocycles. The lowest BCUT2D eigenvalue weighted by molar-refractivity contribution is -0.128. The molecule has 0 fully saturated rings. The fourth-order valence-electron chi connectivity index (χ4n) is 1.71. The summed E-state index contributed by atoms with van der Waals surface area (Å²) in [6.07, 6.45) is 3.44. The lowest BCUT2D eigenvalue weighted by Gasteiger charge is -2.20. The molecule has 2 aromatic heterocycles. The Hall–Kier alpha value is -1.79. The Morgan fingerprint density at radius 1 is 1.48 bits per heavy atom. The quantitative estimate of drug-likeness (QED) is 0.629. The highest BCUT2D eigenvalue weighted by atomic mass is 32.2. The van der Waals surface area contributed by atoms with Crippen LogP contribution in [0.2, 0.25) is 0 Å². The number of anilines is 1. The molecule has 0 unspecified atom stereocenters. The molecule has 0 aliphatic rings. The van der Waals surface area contributed by atoms with E-state index in [0.717, 1.165) is 4.90 Å². The van der Waals surface area contributed by atoms with Gasteiger partial charge in [-0.25, -0.2) is 4.98 Å². The molecule has 0 aliphatic heterocycles. The van der Waals surface area contributed by atoms with Crippen LogP contribution in [0.5, 0.6) is 0 Å². The van der Waals surface area contributed by atoms with E-state index in [2.05, 4.69) is 11.6 Å². The zero-order chi connectivity index (χ0) is 15.1. The fraction of sp³-hybridized carbons (Fsp3) is 0.200. The van der Waals surface area contributed by atoms with Gasteiger partial charge in [0.1, 0.15) is 5.82 Å². The standard InChI is InChI=1S/C15H17N3OS2/c1-2-7-18(10-13-4-3-8-20-13)15(19)11-21-12-5-6-14(16)17-9-12/h2-6,8-9H,1,7,10-11H2,(H2,16,17). The second kappa shape index (κ2) is 7.85. The first-order chi connectivity index (χ1) is 10.2. The van der Waals surface area contributed by atoms with Crippen molar-refractivity contribution in [1.82, 2.24) is 9.88 Å². The highest BCUT2D eigenvalue weighted by Gasteiger charge is 2.13. The number of carbonyl (C=O) groups excluding carboxylic acids is 1. The number of carbonyl (C=O) groups is 1. The molecule has 0 spiro atoms. The summed E-state index contributed by atoms with van der Waals surface area (Å²) in [5.41, 5.74) is 5.54. The van der Waals surface area contributed by atoms with E-state index >= 15 is 0 Å². The Kier molecular flexibility index (Phi) is 5.83. The van der Waals surface area contributed by atoms with Crippen LogP contribution in [0.3, 0.4) is 0 Å². The Balaban J connectivity index is 1.91. The molecule has 0 saturated heterocycles. The van der Waals surface area contributed by atoms with E-state index < -0.39 is 0 Å². The average Bonchev–Trinajstić information content (AvgIpc) is 2.99. The van der Waals surface area contributed by atoms with Crippen LogP contribution in [0, 0.1) is 0 Å². The molecule has 0 atom stereocenters. The maximum absolute atomic E-state index is 12.3. The Morgan fingerprint density at radius 2 is 2.33 bits per heavy atom. The van der Waals surface area contributed by atoms with Crippen molar-refractivity contribution in [2.45, 2.75) is 11.4 Å². The van der Waals surface area contributed by atoms with Crippen molar-refractivity contribution in [3.63, 3.8) is 0 Å². The molecule has 0 bridgehead atoms. The third kappa shape index (κ3) is 4.91. The molecule has 0 saturated carbocycles. The van der Waals surface area contributed by atoms with Gasteiger partial charge in [-0.15, -0.1) is 29.7 Å². The SMILES string of the molecule is C=CCN(Cc1cccs1)C(=O)CSc1ccc(N)nc1. The van der Waals surface area contributed by atoms with Gasteiger partial charge in [-0.3, -0.25) is 4.79 Å². The number of nitrogens with two attached hydrogens (primary N) is 1. The maximum Gasteiger partial charge on any atom is 0.233 e. The normalized spacial score (nSPS) is 10.3. The molecule has 110 valence electrons. The second-order valence-electron chi connectivity index (χ2n) is 4.35. The van der Waals surface area contributed by atoms with Crippen LogP contribution in [0.1, 0.15) is 4.88 Å². The number of aromatic nitrogens is 1. The van der Waals surface area contributed by atoms with Crippen LogP contribution in [0.4, 0.5) is 5.82 Å². The van der Waals surface area contributed by atoms with Gasteiger partial charge < -0.3 is 10.6 Å². The number of thiophene rings is 1. The minimum absolute atomic E-state index is 0.0881. The topological polar surface area (TPSA) is 59.2 Å². The molecule has 1 amide bonds. The van der Waals surface area contributed by atoms with Crippen molar-refractivity contribution in [2.24, 2.45) is 0 Å². The van der Waals surface area contributed by atoms with Gasteiger partial charge in [-0.2, -0.15) is 0 Å². The summed E-state index contributed by atoms with van der Waals surface area (Å²) in [4.78, 5) is 20.2. The summed E-state index contributed by atoms with van der Waals surface area (Å²) < 4.78 is 0. The van der Waals surface area contributed by atoms with E-state index in [1.54, 1.807) is 34.6 Å². The van der Waals surface area contributed by atoms with Crippen molar-refractivity contribution in [3.05, 3.63) is 53.4 Å². The largest absolute Gasteiger partial charge is 0.384 e. The number of hydrogen-bond acceptors (Lipinski definition) is 5. The van der Waals surface area contributed by atoms with Crippen LogP contribution < -0.4 is 5.73 Å². The predicted molar refractivity (Wildman–Crippen MR) is 89.3 cm³/mol. The number of rotatable bonds is 7. The van der Waals surface area contributed by atoms with Crippen molar-refractivity contribution in [3.8, 4) is 0 Å². The minimum atomic E-state index is 0.0881. The van der Waals surface area contributed by atoms with Gasteiger partial charge >= 0.3 is 0 Å². The summed E-state index contributed by atoms with van der Waals surface area (Å²) in [5, 5.41) is 2.01. The number of amides is 1. The fourth-order valence-corrected chi connectivity index (χ4v) is 3.20. The van der Waals surface area contributed by atoms with Gasteiger partial charge in [0.2, 0.25) is 5.91 Å². The zero-order valence-corrected chi connectivity index (χ0v) is 13.2. The summed E-state index contributed by atoms with van der Waals surface area (Å²) in [6, 6.07) is 7.63. The van der Waals surface area contributed by atoms with E-state index in [1.165, 1.54) is 16.6 Å². The van der Waals surface area contributed by atoms with Crippen molar-refractivity contribution in [2.75, 3.05) is 18.0 Å². The first kappa shape index (κ1) is 15.6. The summed E-state index contributed by atoms with van der Waals surface area (Å²) in [5.74, 6) is 0.951. The van der Waals surface area contributed by atoms with Gasteiger partial charge in [-0.1, -0.05) is 12.1 Å². The van der Waals surface area contributed by atoms with Gasteiger partial charge in [0, 0.05) is 22.5 Å². The molecule has 2 heterocycles. The van der Waals surface area contributed by atoms with Gasteiger partial charge in [0.25, 0.3) is 0 Å². The van der Waals surface area contributed by atoms with E-state index in [1.807, 2.05) is 23.6 Å². The second-order valence-corrected chi connectivity index (χ2v) is 6.43. The van der Waals surface area contributed by atoms with E-state index in [4.69, 9.17) is 5.73 Å². The number of hydrogen-bond donors (Lipinski definition) is 1. The van der Waals surface area contributed by atoms with Crippen LogP contribution in [0.15, 0.2) is 53.4 Å². The van der Waals surface area contributed by atoms with Gasteiger partial charge in [-0.05, 0) is 23.6 Å². The maximum atomic E-state index is 12.3. The molecule has 2 N–H and O–H groups in total. The van der Waals surface area contributed by atoms with Crippen LogP contribution in [-0.2, 0) is 11.3 Å². The van der Waals surface area contributed by atoms with Crippen molar-refractivity contribution >= 4 is 34.8 Å². The van der Waals surface area contributed by atoms with Crippen LogP contribution >= 0.6 is 23.1 Å². The Bertz CT molecular complexity index is 581. The first-order valence-corrected chi connectivity index (χ1v) is 8.31.